The number of imidazole rings is 1. The Hall–Kier alpha value is -7.09. The molecule has 5 aromatic heterocycles. The molecule has 2 fully saturated rings. The van der Waals surface area contributed by atoms with E-state index in [2.05, 4.69) is 41.2 Å². The molecule has 68 heavy (non-hydrogen) atoms. The molecule has 15 nitrogen and oxygen atoms in total. The Morgan fingerprint density at radius 2 is 1.69 bits per heavy atom. The largest absolute Gasteiger partial charge is 0.438 e. The van der Waals surface area contributed by atoms with Crippen LogP contribution in [0, 0.1) is 25.5 Å². The van der Waals surface area contributed by atoms with Crippen LogP contribution in [0.3, 0.4) is 0 Å². The van der Waals surface area contributed by atoms with Crippen LogP contribution in [0.5, 0.6) is 0 Å². The van der Waals surface area contributed by atoms with E-state index >= 15 is 13.6 Å². The third-order valence-corrected chi connectivity index (χ3v) is 14.0. The molecule has 1 amide bonds. The first kappa shape index (κ1) is 43.5. The molecule has 3 aliphatic rings. The summed E-state index contributed by atoms with van der Waals surface area (Å²) in [6.07, 6.45) is 2.23. The predicted molar refractivity (Wildman–Crippen MR) is 238 cm³/mol. The molecule has 2 aliphatic heterocycles. The predicted octanol–water partition coefficient (Wildman–Crippen LogP) is 8.22. The SMILES string of the molecule is Cc1cc(-n2nc3c(c2-n2ccn(-c4ccc5c(cnn5CC(F)(F)F)c4F)c2=O)[C@H](C)N(C(=O)c2cc4cc([C@H]5CCOC(C)(C)C5)ccc4n2C2(c4noc(=O)[nH]4)CC2)CC3)cc(C)c1F. The third-order valence-electron chi connectivity index (χ3n) is 14.0. The van der Waals surface area contributed by atoms with Crippen LogP contribution >= 0.6 is 0 Å². The summed E-state index contributed by atoms with van der Waals surface area (Å²) in [4.78, 5) is 46.9. The van der Waals surface area contributed by atoms with E-state index in [0.29, 0.717) is 63.7 Å². The fraction of sp³-hybridized carbons (Fsp3) is 0.375. The molecule has 3 aromatic carbocycles. The topological polar surface area (TPSA) is 156 Å². The average Bonchev–Trinajstić information content (AvgIpc) is 3.75. The summed E-state index contributed by atoms with van der Waals surface area (Å²) in [5.41, 5.74) is 2.18. The number of fused-ring (bicyclic) bond motifs is 3. The molecule has 7 heterocycles. The number of H-pyrrole nitrogens is 1. The Morgan fingerprint density at radius 1 is 0.956 bits per heavy atom. The summed E-state index contributed by atoms with van der Waals surface area (Å²) < 4.78 is 88.7. The van der Waals surface area contributed by atoms with Crippen LogP contribution in [0.1, 0.15) is 103 Å². The maximum atomic E-state index is 16.3. The minimum atomic E-state index is -4.60. The number of ether oxygens (including phenoxy) is 1. The van der Waals surface area contributed by atoms with Crippen LogP contribution in [0.15, 0.2) is 81.2 Å². The van der Waals surface area contributed by atoms with E-state index in [1.54, 1.807) is 30.9 Å². The van der Waals surface area contributed by atoms with Gasteiger partial charge in [-0.1, -0.05) is 11.2 Å². The first-order valence-corrected chi connectivity index (χ1v) is 22.4. The molecule has 0 bridgehead atoms. The zero-order chi connectivity index (χ0) is 47.8. The first-order valence-electron chi connectivity index (χ1n) is 22.4. The zero-order valence-electron chi connectivity index (χ0n) is 37.6. The van der Waals surface area contributed by atoms with Gasteiger partial charge in [-0.15, -0.1) is 0 Å². The van der Waals surface area contributed by atoms with Gasteiger partial charge in [0.2, 0.25) is 0 Å². The van der Waals surface area contributed by atoms with Crippen molar-refractivity contribution in [2.75, 3.05) is 13.2 Å². The summed E-state index contributed by atoms with van der Waals surface area (Å²) in [5.74, 6) is -1.64. The molecule has 0 spiro atoms. The second-order valence-corrected chi connectivity index (χ2v) is 18.9. The Morgan fingerprint density at radius 3 is 2.38 bits per heavy atom. The van der Waals surface area contributed by atoms with E-state index in [1.807, 2.05) is 23.6 Å². The molecule has 352 valence electrons. The number of alkyl halides is 3. The smallest absolute Gasteiger partial charge is 0.376 e. The minimum absolute atomic E-state index is 0.103. The number of nitrogens with zero attached hydrogens (tertiary/aromatic N) is 9. The van der Waals surface area contributed by atoms with Gasteiger partial charge in [0.05, 0.1) is 45.8 Å². The molecule has 11 rings (SSSR count). The van der Waals surface area contributed by atoms with Gasteiger partial charge in [-0.3, -0.25) is 28.1 Å². The van der Waals surface area contributed by atoms with Gasteiger partial charge in [0, 0.05) is 48.4 Å². The molecule has 8 aromatic rings. The van der Waals surface area contributed by atoms with Gasteiger partial charge in [0.25, 0.3) is 5.91 Å². The van der Waals surface area contributed by atoms with Gasteiger partial charge in [-0.25, -0.2) is 23.1 Å². The van der Waals surface area contributed by atoms with Gasteiger partial charge in [-0.05, 0) is 125 Å². The molecular formula is C48H45F5N10O5. The number of hydrogen-bond donors (Lipinski definition) is 1. The number of amides is 1. The summed E-state index contributed by atoms with van der Waals surface area (Å²) in [6.45, 7) is 8.65. The molecule has 1 saturated carbocycles. The summed E-state index contributed by atoms with van der Waals surface area (Å²) in [5, 5.41) is 13.5. The zero-order valence-corrected chi connectivity index (χ0v) is 37.6. The fourth-order valence-corrected chi connectivity index (χ4v) is 10.6. The van der Waals surface area contributed by atoms with Gasteiger partial charge in [-0.2, -0.15) is 23.4 Å². The van der Waals surface area contributed by atoms with Crippen molar-refractivity contribution >= 4 is 27.7 Å². The summed E-state index contributed by atoms with van der Waals surface area (Å²) in [7, 11) is 0. The number of halogens is 5. The van der Waals surface area contributed by atoms with Gasteiger partial charge >= 0.3 is 17.6 Å². The van der Waals surface area contributed by atoms with Gasteiger partial charge in [0.1, 0.15) is 29.4 Å². The van der Waals surface area contributed by atoms with E-state index in [-0.39, 0.29) is 52.8 Å². The van der Waals surface area contributed by atoms with Gasteiger partial charge < -0.3 is 14.2 Å². The maximum absolute atomic E-state index is 16.3. The van der Waals surface area contributed by atoms with Crippen LogP contribution in [0.2, 0.25) is 0 Å². The molecule has 0 unspecified atom stereocenters. The van der Waals surface area contributed by atoms with Crippen molar-refractivity contribution < 1.29 is 36.0 Å². The molecule has 20 heteroatoms. The quantitative estimate of drug-likeness (QED) is 0.150. The molecule has 1 N–H and O–H groups in total. The number of aromatic nitrogens is 9. The monoisotopic (exact) mass is 936 g/mol. The highest BCUT2D eigenvalue weighted by molar-refractivity contribution is 6.00. The number of nitrogens with one attached hydrogen (secondary N) is 1. The van der Waals surface area contributed by atoms with Crippen molar-refractivity contribution in [3.05, 3.63) is 139 Å². The average molecular weight is 937 g/mol. The molecule has 2 atom stereocenters. The normalized spacial score (nSPS) is 19.0. The Labute approximate surface area is 383 Å². The third kappa shape index (κ3) is 6.92. The summed E-state index contributed by atoms with van der Waals surface area (Å²) >= 11 is 0. The summed E-state index contributed by atoms with van der Waals surface area (Å²) in [6, 6.07) is 13.1. The number of carbonyl (C=O) groups excluding carboxylic acids is 1. The molecule has 1 saturated heterocycles. The van der Waals surface area contributed by atoms with Crippen molar-refractivity contribution in [2.24, 2.45) is 0 Å². The standard InChI is InChI=1S/C48H45F5N10O5/c1-25-18-31(19-26(2)39(25)49)63-41(60-16-15-59(45(60)66)36-9-8-35-32(40(36)50)23-54-61(35)24-48(51,52)53)38-27(3)58(14-10-33(38)56-63)42(64)37-21-30-20-28(29-11-17-67-46(4,5)22-29)6-7-34(30)62(37)47(12-13-47)43-55-44(65)68-57-43/h6-9,15-16,18-21,23,27,29H,10-14,17,22,24H2,1-5H3,(H,55,57,65)/t27-,29-/m0/s1. The number of aryl methyl sites for hydroxylation is 2. The van der Waals surface area contributed by atoms with Gasteiger partial charge in [0.15, 0.2) is 11.6 Å². The molecule has 1 aliphatic carbocycles. The Bertz CT molecular complexity index is 3470. The van der Waals surface area contributed by atoms with Crippen LogP contribution in [0.4, 0.5) is 22.0 Å². The van der Waals surface area contributed by atoms with E-state index in [0.717, 1.165) is 40.1 Å². The second-order valence-electron chi connectivity index (χ2n) is 18.9. The minimum Gasteiger partial charge on any atom is -0.376 e. The maximum Gasteiger partial charge on any atom is 0.438 e. The highest BCUT2D eigenvalue weighted by Gasteiger charge is 2.53. The van der Waals surface area contributed by atoms with Crippen LogP contribution < -0.4 is 11.4 Å². The Balaban J connectivity index is 1.04. The van der Waals surface area contributed by atoms with E-state index in [1.165, 1.54) is 33.8 Å². The van der Waals surface area contributed by atoms with E-state index < -0.39 is 47.4 Å². The van der Waals surface area contributed by atoms with Crippen molar-refractivity contribution in [3.8, 4) is 17.2 Å². The fourth-order valence-electron chi connectivity index (χ4n) is 10.6. The van der Waals surface area contributed by atoms with Crippen LogP contribution in [0.25, 0.3) is 39.0 Å². The van der Waals surface area contributed by atoms with E-state index in [4.69, 9.17) is 14.4 Å². The number of aromatic amines is 1. The van der Waals surface area contributed by atoms with Crippen molar-refractivity contribution in [1.82, 2.24) is 48.3 Å². The molecule has 0 radical (unpaired) electrons. The lowest BCUT2D eigenvalue weighted by molar-refractivity contribution is -0.141. The number of carbonyl (C=O) groups is 1. The van der Waals surface area contributed by atoms with Crippen molar-refractivity contribution in [1.29, 1.82) is 0 Å². The Kier molecular flexibility index (Phi) is 9.73. The van der Waals surface area contributed by atoms with Crippen LogP contribution in [-0.4, -0.2) is 79.1 Å². The number of benzene rings is 3. The van der Waals surface area contributed by atoms with Crippen LogP contribution in [-0.2, 0) is 23.2 Å². The van der Waals surface area contributed by atoms with E-state index in [9.17, 15) is 22.8 Å². The lowest BCUT2D eigenvalue weighted by Gasteiger charge is -2.35. The highest BCUT2D eigenvalue weighted by Crippen LogP contribution is 2.51. The number of rotatable bonds is 8. The van der Waals surface area contributed by atoms with Crippen molar-refractivity contribution in [2.45, 2.75) is 103 Å². The molecular weight excluding hydrogens is 892 g/mol. The lowest BCUT2D eigenvalue weighted by atomic mass is 9.83. The number of hydrogen-bond acceptors (Lipinski definition) is 8. The van der Waals surface area contributed by atoms with Crippen molar-refractivity contribution in [3.63, 3.8) is 0 Å². The lowest BCUT2D eigenvalue weighted by Crippen LogP contribution is -2.41. The first-order chi connectivity index (χ1) is 32.3. The highest BCUT2D eigenvalue weighted by atomic mass is 19.4. The second kappa shape index (κ2) is 15.2.